The number of amides is 1. The zero-order valence-corrected chi connectivity index (χ0v) is 12.0. The standard InChI is InChI=1S/C15H16N2O2.ClH/c1-2-19-14-5-3-12(4-6-14)11-17-15(18)13-7-9-16-10-8-13;/h3-10H,2,11H2,1H3,(H,17,18);1H. The van der Waals surface area contributed by atoms with Crippen LogP contribution in [-0.2, 0) is 6.54 Å². The molecule has 1 N–H and O–H groups in total. The van der Waals surface area contributed by atoms with Crippen LogP contribution in [0.3, 0.4) is 0 Å². The lowest BCUT2D eigenvalue weighted by Crippen LogP contribution is -2.22. The normalized spacial score (nSPS) is 9.45. The van der Waals surface area contributed by atoms with E-state index in [-0.39, 0.29) is 18.3 Å². The lowest BCUT2D eigenvalue weighted by molar-refractivity contribution is 0.0951. The van der Waals surface area contributed by atoms with E-state index in [0.717, 1.165) is 11.3 Å². The first kappa shape index (κ1) is 16.0. The quantitative estimate of drug-likeness (QED) is 0.922. The Hall–Kier alpha value is -2.07. The van der Waals surface area contributed by atoms with Gasteiger partial charge >= 0.3 is 0 Å². The molecule has 0 spiro atoms. The van der Waals surface area contributed by atoms with Crippen molar-refractivity contribution in [2.75, 3.05) is 6.61 Å². The number of pyridine rings is 1. The summed E-state index contributed by atoms with van der Waals surface area (Å²) in [5.41, 5.74) is 1.65. The van der Waals surface area contributed by atoms with Crippen LogP contribution in [0.1, 0.15) is 22.8 Å². The Bertz CT molecular complexity index is 529. The van der Waals surface area contributed by atoms with Crippen molar-refractivity contribution in [1.29, 1.82) is 0 Å². The second kappa shape index (κ2) is 8.17. The van der Waals surface area contributed by atoms with Crippen LogP contribution in [0, 0.1) is 0 Å². The van der Waals surface area contributed by atoms with Crippen molar-refractivity contribution in [2.24, 2.45) is 0 Å². The van der Waals surface area contributed by atoms with Crippen molar-refractivity contribution in [2.45, 2.75) is 13.5 Å². The third kappa shape index (κ3) is 4.55. The summed E-state index contributed by atoms with van der Waals surface area (Å²) in [6.07, 6.45) is 3.21. The number of benzene rings is 1. The maximum absolute atomic E-state index is 11.8. The van der Waals surface area contributed by atoms with E-state index < -0.39 is 0 Å². The Morgan fingerprint density at radius 2 is 1.80 bits per heavy atom. The van der Waals surface area contributed by atoms with Gasteiger partial charge in [0.05, 0.1) is 6.61 Å². The van der Waals surface area contributed by atoms with Gasteiger partial charge in [0.15, 0.2) is 0 Å². The van der Waals surface area contributed by atoms with Gasteiger partial charge in [0, 0.05) is 24.5 Å². The first-order valence-electron chi connectivity index (χ1n) is 6.19. The molecule has 0 saturated heterocycles. The van der Waals surface area contributed by atoms with Gasteiger partial charge in [-0.25, -0.2) is 0 Å². The summed E-state index contributed by atoms with van der Waals surface area (Å²) < 4.78 is 5.36. The monoisotopic (exact) mass is 292 g/mol. The number of carbonyl (C=O) groups is 1. The molecule has 5 heteroatoms. The van der Waals surface area contributed by atoms with E-state index in [0.29, 0.717) is 18.7 Å². The molecule has 0 aliphatic carbocycles. The highest BCUT2D eigenvalue weighted by Gasteiger charge is 2.04. The van der Waals surface area contributed by atoms with E-state index in [1.54, 1.807) is 24.5 Å². The zero-order chi connectivity index (χ0) is 13.5. The van der Waals surface area contributed by atoms with Gasteiger partial charge in [0.1, 0.15) is 5.75 Å². The summed E-state index contributed by atoms with van der Waals surface area (Å²) in [6, 6.07) is 11.1. The molecule has 0 aliphatic rings. The van der Waals surface area contributed by atoms with Crippen LogP contribution in [0.25, 0.3) is 0 Å². The van der Waals surface area contributed by atoms with E-state index in [2.05, 4.69) is 10.3 Å². The Kier molecular flexibility index (Phi) is 6.53. The largest absolute Gasteiger partial charge is 0.494 e. The molecule has 1 amide bonds. The lowest BCUT2D eigenvalue weighted by atomic mass is 10.2. The minimum Gasteiger partial charge on any atom is -0.494 e. The SMILES string of the molecule is CCOc1ccc(CNC(=O)c2ccncc2)cc1.Cl. The number of aromatic nitrogens is 1. The first-order valence-corrected chi connectivity index (χ1v) is 6.19. The molecule has 106 valence electrons. The average molecular weight is 293 g/mol. The smallest absolute Gasteiger partial charge is 0.251 e. The topological polar surface area (TPSA) is 51.2 Å². The van der Waals surface area contributed by atoms with Gasteiger partial charge in [0.2, 0.25) is 0 Å². The molecule has 1 heterocycles. The Morgan fingerprint density at radius 1 is 1.15 bits per heavy atom. The molecule has 0 saturated carbocycles. The van der Waals surface area contributed by atoms with Crippen molar-refractivity contribution in [3.8, 4) is 5.75 Å². The summed E-state index contributed by atoms with van der Waals surface area (Å²) in [6.45, 7) is 3.09. The molecule has 2 rings (SSSR count). The second-order valence-electron chi connectivity index (χ2n) is 4.00. The summed E-state index contributed by atoms with van der Waals surface area (Å²) in [7, 11) is 0. The van der Waals surface area contributed by atoms with E-state index >= 15 is 0 Å². The predicted octanol–water partition coefficient (Wildman–Crippen LogP) is 2.83. The fourth-order valence-corrected chi connectivity index (χ4v) is 1.66. The van der Waals surface area contributed by atoms with Crippen LogP contribution < -0.4 is 10.1 Å². The molecule has 1 aromatic carbocycles. The average Bonchev–Trinajstić information content (AvgIpc) is 2.47. The van der Waals surface area contributed by atoms with Crippen LogP contribution >= 0.6 is 12.4 Å². The van der Waals surface area contributed by atoms with Crippen LogP contribution in [-0.4, -0.2) is 17.5 Å². The summed E-state index contributed by atoms with van der Waals surface area (Å²) in [5.74, 6) is 0.739. The molecule has 0 unspecified atom stereocenters. The third-order valence-corrected chi connectivity index (χ3v) is 2.63. The second-order valence-corrected chi connectivity index (χ2v) is 4.00. The van der Waals surface area contributed by atoms with Crippen molar-refractivity contribution < 1.29 is 9.53 Å². The van der Waals surface area contributed by atoms with E-state index in [4.69, 9.17) is 4.74 Å². The van der Waals surface area contributed by atoms with Gasteiger partial charge in [-0.3, -0.25) is 9.78 Å². The Labute approximate surface area is 124 Å². The number of nitrogens with one attached hydrogen (secondary N) is 1. The molecule has 1 aromatic heterocycles. The highest BCUT2D eigenvalue weighted by atomic mass is 35.5. The van der Waals surface area contributed by atoms with E-state index in [1.807, 2.05) is 31.2 Å². The van der Waals surface area contributed by atoms with Crippen molar-refractivity contribution >= 4 is 18.3 Å². The number of ether oxygens (including phenoxy) is 1. The van der Waals surface area contributed by atoms with Gasteiger partial charge < -0.3 is 10.1 Å². The maximum Gasteiger partial charge on any atom is 0.251 e. The minimum absolute atomic E-state index is 0. The van der Waals surface area contributed by atoms with Crippen molar-refractivity contribution in [3.63, 3.8) is 0 Å². The van der Waals surface area contributed by atoms with Gasteiger partial charge in [-0.05, 0) is 36.8 Å². The number of carbonyl (C=O) groups excluding carboxylic acids is 1. The van der Waals surface area contributed by atoms with Gasteiger partial charge in [0.25, 0.3) is 5.91 Å². The molecule has 0 aliphatic heterocycles. The Balaban J connectivity index is 0.00000200. The number of hydrogen-bond acceptors (Lipinski definition) is 3. The van der Waals surface area contributed by atoms with Crippen molar-refractivity contribution in [1.82, 2.24) is 10.3 Å². The molecule has 2 aromatic rings. The minimum atomic E-state index is -0.101. The summed E-state index contributed by atoms with van der Waals surface area (Å²) in [5, 5.41) is 2.86. The molecule has 20 heavy (non-hydrogen) atoms. The fraction of sp³-hybridized carbons (Fsp3) is 0.200. The zero-order valence-electron chi connectivity index (χ0n) is 11.2. The Morgan fingerprint density at radius 3 is 2.40 bits per heavy atom. The van der Waals surface area contributed by atoms with Gasteiger partial charge in [-0.1, -0.05) is 12.1 Å². The molecule has 4 nitrogen and oxygen atoms in total. The summed E-state index contributed by atoms with van der Waals surface area (Å²) in [4.78, 5) is 15.7. The van der Waals surface area contributed by atoms with Crippen LogP contribution in [0.4, 0.5) is 0 Å². The number of nitrogens with zero attached hydrogens (tertiary/aromatic N) is 1. The first-order chi connectivity index (χ1) is 9.29. The molecule has 0 radical (unpaired) electrons. The van der Waals surface area contributed by atoms with Gasteiger partial charge in [-0.15, -0.1) is 12.4 Å². The number of rotatable bonds is 5. The molecular weight excluding hydrogens is 276 g/mol. The van der Waals surface area contributed by atoms with E-state index in [1.165, 1.54) is 0 Å². The molecular formula is C15H17ClN2O2. The number of hydrogen-bond donors (Lipinski definition) is 1. The maximum atomic E-state index is 11.8. The van der Waals surface area contributed by atoms with E-state index in [9.17, 15) is 4.79 Å². The van der Waals surface area contributed by atoms with Crippen LogP contribution in [0.15, 0.2) is 48.8 Å². The molecule has 0 atom stereocenters. The molecule has 0 bridgehead atoms. The lowest BCUT2D eigenvalue weighted by Gasteiger charge is -2.07. The fourth-order valence-electron chi connectivity index (χ4n) is 1.66. The third-order valence-electron chi connectivity index (χ3n) is 2.63. The number of halogens is 1. The van der Waals surface area contributed by atoms with Crippen LogP contribution in [0.2, 0.25) is 0 Å². The highest BCUT2D eigenvalue weighted by Crippen LogP contribution is 2.12. The molecule has 0 fully saturated rings. The van der Waals surface area contributed by atoms with Gasteiger partial charge in [-0.2, -0.15) is 0 Å². The summed E-state index contributed by atoms with van der Waals surface area (Å²) >= 11 is 0. The highest BCUT2D eigenvalue weighted by molar-refractivity contribution is 5.93. The predicted molar refractivity (Wildman–Crippen MR) is 80.3 cm³/mol. The van der Waals surface area contributed by atoms with Crippen LogP contribution in [0.5, 0.6) is 5.75 Å². The van der Waals surface area contributed by atoms with Crippen molar-refractivity contribution in [3.05, 3.63) is 59.9 Å².